The third-order valence-corrected chi connectivity index (χ3v) is 4.88. The molecule has 104 valence electrons. The van der Waals surface area contributed by atoms with E-state index < -0.39 is 5.54 Å². The van der Waals surface area contributed by atoms with Gasteiger partial charge in [-0.1, -0.05) is 6.92 Å². The molecule has 0 bridgehead atoms. The number of hydrogen-bond acceptors (Lipinski definition) is 4. The van der Waals surface area contributed by atoms with E-state index in [9.17, 15) is 4.79 Å². The maximum atomic E-state index is 11.9. The summed E-state index contributed by atoms with van der Waals surface area (Å²) in [6.07, 6.45) is 5.48. The number of likely N-dealkylation sites (tertiary alicyclic amines) is 1. The lowest BCUT2D eigenvalue weighted by atomic mass is 9.95. The van der Waals surface area contributed by atoms with Gasteiger partial charge in [-0.2, -0.15) is 0 Å². The Morgan fingerprint density at radius 2 is 2.00 bits per heavy atom. The average Bonchev–Trinajstić information content (AvgIpc) is 2.84. The number of esters is 1. The Morgan fingerprint density at radius 3 is 2.56 bits per heavy atom. The Bertz CT molecular complexity index is 300. The number of hydrogen-bond donors (Lipinski definition) is 1. The first kappa shape index (κ1) is 13.8. The van der Waals surface area contributed by atoms with E-state index in [1.54, 1.807) is 0 Å². The Balaban J connectivity index is 1.96. The zero-order valence-electron chi connectivity index (χ0n) is 11.9. The highest BCUT2D eigenvalue weighted by Crippen LogP contribution is 2.35. The summed E-state index contributed by atoms with van der Waals surface area (Å²) in [5.74, 6) is 0.759. The first-order valence-corrected chi connectivity index (χ1v) is 7.12. The van der Waals surface area contributed by atoms with Gasteiger partial charge in [0.2, 0.25) is 0 Å². The van der Waals surface area contributed by atoms with Crippen LogP contribution in [0.15, 0.2) is 0 Å². The molecule has 0 aromatic heterocycles. The topological polar surface area (TPSA) is 41.6 Å². The minimum Gasteiger partial charge on any atom is -0.468 e. The molecule has 4 nitrogen and oxygen atoms in total. The van der Waals surface area contributed by atoms with Gasteiger partial charge in [0.1, 0.15) is 5.54 Å². The molecule has 4 heteroatoms. The van der Waals surface area contributed by atoms with Crippen molar-refractivity contribution in [3.05, 3.63) is 0 Å². The Labute approximate surface area is 110 Å². The molecule has 2 aliphatic rings. The predicted octanol–water partition coefficient (Wildman–Crippen LogP) is 1.40. The van der Waals surface area contributed by atoms with Crippen molar-refractivity contribution in [3.63, 3.8) is 0 Å². The standard InChI is InChI=1S/C14H26N2O2/c1-11-5-8-16(9-6-11)12-4-7-14(10-12,15-2)13(17)18-3/h11-12,15H,4-10H2,1-3H3. The van der Waals surface area contributed by atoms with Crippen LogP contribution in [0, 0.1) is 5.92 Å². The second-order valence-electron chi connectivity index (χ2n) is 5.94. The van der Waals surface area contributed by atoms with Crippen molar-refractivity contribution in [1.29, 1.82) is 0 Å². The number of piperidine rings is 1. The third kappa shape index (κ3) is 2.54. The molecule has 1 saturated heterocycles. The van der Waals surface area contributed by atoms with Gasteiger partial charge in [0, 0.05) is 6.04 Å². The average molecular weight is 254 g/mol. The Hall–Kier alpha value is -0.610. The minimum atomic E-state index is -0.442. The van der Waals surface area contributed by atoms with Crippen molar-refractivity contribution in [3.8, 4) is 0 Å². The molecule has 0 aromatic rings. The minimum absolute atomic E-state index is 0.0992. The second-order valence-corrected chi connectivity index (χ2v) is 5.94. The quantitative estimate of drug-likeness (QED) is 0.773. The Morgan fingerprint density at radius 1 is 1.33 bits per heavy atom. The molecule has 0 aromatic carbocycles. The summed E-state index contributed by atoms with van der Waals surface area (Å²) in [6, 6.07) is 0.545. The maximum Gasteiger partial charge on any atom is 0.326 e. The number of rotatable bonds is 3. The van der Waals surface area contributed by atoms with Gasteiger partial charge in [-0.15, -0.1) is 0 Å². The van der Waals surface area contributed by atoms with Gasteiger partial charge < -0.3 is 15.0 Å². The van der Waals surface area contributed by atoms with Crippen LogP contribution in [0.1, 0.15) is 39.0 Å². The number of ether oxygens (including phenoxy) is 1. The normalized spacial score (nSPS) is 34.7. The molecule has 0 spiro atoms. The summed E-state index contributed by atoms with van der Waals surface area (Å²) >= 11 is 0. The van der Waals surface area contributed by atoms with Crippen molar-refractivity contribution in [1.82, 2.24) is 10.2 Å². The Kier molecular flexibility index (Phi) is 4.28. The van der Waals surface area contributed by atoms with Crippen molar-refractivity contribution in [2.45, 2.75) is 50.6 Å². The lowest BCUT2D eigenvalue weighted by molar-refractivity contribution is -0.148. The first-order valence-electron chi connectivity index (χ1n) is 7.12. The van der Waals surface area contributed by atoms with Crippen LogP contribution >= 0.6 is 0 Å². The fourth-order valence-corrected chi connectivity index (χ4v) is 3.43. The van der Waals surface area contributed by atoms with Crippen LogP contribution in [0.3, 0.4) is 0 Å². The van der Waals surface area contributed by atoms with Crippen molar-refractivity contribution >= 4 is 5.97 Å². The van der Waals surface area contributed by atoms with Crippen LogP contribution < -0.4 is 5.32 Å². The summed E-state index contributed by atoms with van der Waals surface area (Å²) in [5, 5.41) is 3.20. The predicted molar refractivity (Wildman–Crippen MR) is 71.4 cm³/mol. The van der Waals surface area contributed by atoms with E-state index >= 15 is 0 Å². The number of carbonyl (C=O) groups is 1. The molecule has 2 rings (SSSR count). The van der Waals surface area contributed by atoms with E-state index in [2.05, 4.69) is 17.1 Å². The number of carbonyl (C=O) groups excluding carboxylic acids is 1. The summed E-state index contributed by atoms with van der Waals surface area (Å²) < 4.78 is 4.96. The van der Waals surface area contributed by atoms with Gasteiger partial charge in [0.15, 0.2) is 0 Å². The number of nitrogens with one attached hydrogen (secondary N) is 1. The van der Waals surface area contributed by atoms with E-state index in [4.69, 9.17) is 4.74 Å². The van der Waals surface area contributed by atoms with E-state index in [0.717, 1.165) is 25.2 Å². The fourth-order valence-electron chi connectivity index (χ4n) is 3.43. The lowest BCUT2D eigenvalue weighted by Gasteiger charge is -2.35. The van der Waals surface area contributed by atoms with Crippen molar-refractivity contribution < 1.29 is 9.53 Å². The van der Waals surface area contributed by atoms with Crippen LogP contribution in [0.2, 0.25) is 0 Å². The van der Waals surface area contributed by atoms with E-state index in [0.29, 0.717) is 6.04 Å². The van der Waals surface area contributed by atoms with Crippen molar-refractivity contribution in [2.24, 2.45) is 5.92 Å². The molecular formula is C14H26N2O2. The zero-order valence-corrected chi connectivity index (χ0v) is 11.9. The van der Waals surface area contributed by atoms with Gasteiger partial charge in [-0.05, 0) is 58.2 Å². The van der Waals surface area contributed by atoms with Crippen LogP contribution in [0.5, 0.6) is 0 Å². The van der Waals surface area contributed by atoms with Gasteiger partial charge in [-0.3, -0.25) is 4.79 Å². The van der Waals surface area contributed by atoms with Crippen LogP contribution in [0.25, 0.3) is 0 Å². The molecule has 1 heterocycles. The smallest absolute Gasteiger partial charge is 0.326 e. The monoisotopic (exact) mass is 254 g/mol. The summed E-state index contributed by atoms with van der Waals surface area (Å²) in [7, 11) is 3.36. The molecule has 2 fully saturated rings. The van der Waals surface area contributed by atoms with Gasteiger partial charge in [0.25, 0.3) is 0 Å². The molecule has 1 N–H and O–H groups in total. The second kappa shape index (κ2) is 5.57. The molecule has 1 aliphatic carbocycles. The molecule has 2 unspecified atom stereocenters. The highest BCUT2D eigenvalue weighted by molar-refractivity contribution is 5.81. The zero-order chi connectivity index (χ0) is 13.2. The highest BCUT2D eigenvalue weighted by atomic mass is 16.5. The molecule has 0 radical (unpaired) electrons. The summed E-state index contributed by atoms with van der Waals surface area (Å²) in [4.78, 5) is 14.5. The molecule has 0 amide bonds. The number of nitrogens with zero attached hydrogens (tertiary/aromatic N) is 1. The summed E-state index contributed by atoms with van der Waals surface area (Å²) in [5.41, 5.74) is -0.442. The fraction of sp³-hybridized carbons (Fsp3) is 0.929. The molecular weight excluding hydrogens is 228 g/mol. The summed E-state index contributed by atoms with van der Waals surface area (Å²) in [6.45, 7) is 4.71. The van der Waals surface area contributed by atoms with Crippen molar-refractivity contribution in [2.75, 3.05) is 27.2 Å². The van der Waals surface area contributed by atoms with Gasteiger partial charge in [0.05, 0.1) is 7.11 Å². The number of likely N-dealkylation sites (N-methyl/N-ethyl adjacent to an activating group) is 1. The SMILES string of the molecule is CNC1(C(=O)OC)CCC(N2CCC(C)CC2)C1. The largest absolute Gasteiger partial charge is 0.468 e. The van der Waals surface area contributed by atoms with E-state index in [1.807, 2.05) is 7.05 Å². The number of methoxy groups -OCH3 is 1. The van der Waals surface area contributed by atoms with Crippen LogP contribution in [-0.2, 0) is 9.53 Å². The highest BCUT2D eigenvalue weighted by Gasteiger charge is 2.46. The van der Waals surface area contributed by atoms with Gasteiger partial charge >= 0.3 is 5.97 Å². The first-order chi connectivity index (χ1) is 8.61. The molecule has 1 saturated carbocycles. The van der Waals surface area contributed by atoms with Gasteiger partial charge in [-0.25, -0.2) is 0 Å². The molecule has 1 aliphatic heterocycles. The van der Waals surface area contributed by atoms with Crippen LogP contribution in [0.4, 0.5) is 0 Å². The lowest BCUT2D eigenvalue weighted by Crippen LogP contribution is -2.50. The van der Waals surface area contributed by atoms with E-state index in [-0.39, 0.29) is 5.97 Å². The van der Waals surface area contributed by atoms with E-state index in [1.165, 1.54) is 33.0 Å². The third-order valence-electron chi connectivity index (χ3n) is 4.88. The molecule has 18 heavy (non-hydrogen) atoms. The maximum absolute atomic E-state index is 11.9. The van der Waals surface area contributed by atoms with Crippen LogP contribution in [-0.4, -0.2) is 49.7 Å². The molecule has 2 atom stereocenters.